The van der Waals surface area contributed by atoms with Crippen molar-refractivity contribution in [3.63, 3.8) is 0 Å². The molecule has 0 saturated heterocycles. The minimum absolute atomic E-state index is 0.00808. The van der Waals surface area contributed by atoms with Gasteiger partial charge in [-0.25, -0.2) is 4.79 Å². The number of nitrogens with zero attached hydrogens (tertiary/aromatic N) is 2. The summed E-state index contributed by atoms with van der Waals surface area (Å²) in [5.74, 6) is -0.162. The Morgan fingerprint density at radius 3 is 2.62 bits per heavy atom. The van der Waals surface area contributed by atoms with E-state index < -0.39 is 18.5 Å². The summed E-state index contributed by atoms with van der Waals surface area (Å²) < 4.78 is 17.5. The smallest absolute Gasteiger partial charge is 0.343 e. The molecule has 0 aliphatic carbocycles. The van der Waals surface area contributed by atoms with E-state index >= 15 is 0 Å². The Labute approximate surface area is 167 Å². The Balaban J connectivity index is 1.64. The average molecular weight is 393 g/mol. The van der Waals surface area contributed by atoms with Crippen molar-refractivity contribution in [2.75, 3.05) is 13.7 Å². The molecule has 2 aromatic heterocycles. The molecule has 0 unspecified atom stereocenters. The second-order valence-corrected chi connectivity index (χ2v) is 6.08. The highest BCUT2D eigenvalue weighted by Gasteiger charge is 2.26. The molecule has 0 saturated carbocycles. The van der Waals surface area contributed by atoms with Gasteiger partial charge >= 0.3 is 5.97 Å². The summed E-state index contributed by atoms with van der Waals surface area (Å²) in [6.45, 7) is 1.31. The molecule has 0 radical (unpaired) electrons. The van der Waals surface area contributed by atoms with Crippen molar-refractivity contribution in [3.8, 4) is 17.7 Å². The van der Waals surface area contributed by atoms with Crippen LogP contribution in [-0.2, 0) is 16.1 Å². The van der Waals surface area contributed by atoms with E-state index in [0.29, 0.717) is 5.75 Å². The van der Waals surface area contributed by atoms with Crippen LogP contribution in [0, 0.1) is 18.3 Å². The molecule has 2 heterocycles. The minimum atomic E-state index is -0.798. The zero-order valence-electron chi connectivity index (χ0n) is 16.0. The molecule has 0 bridgehead atoms. The molecule has 148 valence electrons. The fourth-order valence-electron chi connectivity index (χ4n) is 2.83. The predicted molar refractivity (Wildman–Crippen MR) is 103 cm³/mol. The van der Waals surface area contributed by atoms with E-state index in [0.717, 1.165) is 5.56 Å². The maximum Gasteiger partial charge on any atom is 0.343 e. The standard InChI is InChI=1S/C21H19N3O5/c1-14-19(16(11-22)20(29-14)24-9-5-6-10-24)21(26)28-13-18(25)23-12-15-7-3-4-8-17(15)27-2/h3-10H,12-13H2,1-2H3,(H,23,25). The second kappa shape index (κ2) is 8.80. The zero-order valence-corrected chi connectivity index (χ0v) is 16.0. The Hall–Kier alpha value is -3.99. The first-order valence-corrected chi connectivity index (χ1v) is 8.77. The number of para-hydroxylation sites is 1. The second-order valence-electron chi connectivity index (χ2n) is 6.08. The van der Waals surface area contributed by atoms with Crippen LogP contribution in [0.3, 0.4) is 0 Å². The van der Waals surface area contributed by atoms with Crippen molar-refractivity contribution >= 4 is 11.9 Å². The van der Waals surface area contributed by atoms with Gasteiger partial charge in [-0.1, -0.05) is 18.2 Å². The normalized spacial score (nSPS) is 10.2. The van der Waals surface area contributed by atoms with Gasteiger partial charge in [-0.3, -0.25) is 9.36 Å². The fraction of sp³-hybridized carbons (Fsp3) is 0.190. The number of ether oxygens (including phenoxy) is 2. The highest BCUT2D eigenvalue weighted by atomic mass is 16.5. The van der Waals surface area contributed by atoms with Crippen LogP contribution < -0.4 is 10.1 Å². The Morgan fingerprint density at radius 1 is 1.21 bits per heavy atom. The van der Waals surface area contributed by atoms with E-state index in [1.807, 2.05) is 24.3 Å². The van der Waals surface area contributed by atoms with Crippen LogP contribution >= 0.6 is 0 Å². The summed E-state index contributed by atoms with van der Waals surface area (Å²) in [5, 5.41) is 12.1. The van der Waals surface area contributed by atoms with Crippen molar-refractivity contribution in [2.45, 2.75) is 13.5 Å². The van der Waals surface area contributed by atoms with Crippen LogP contribution in [0.1, 0.15) is 27.2 Å². The number of nitriles is 1. The number of esters is 1. The van der Waals surface area contributed by atoms with E-state index in [9.17, 15) is 14.9 Å². The SMILES string of the molecule is COc1ccccc1CNC(=O)COC(=O)c1c(C)oc(-n2cccc2)c1C#N. The molecule has 1 amide bonds. The van der Waals surface area contributed by atoms with Gasteiger partial charge in [-0.15, -0.1) is 0 Å². The lowest BCUT2D eigenvalue weighted by Gasteiger charge is -2.09. The number of nitrogens with one attached hydrogen (secondary N) is 1. The highest BCUT2D eigenvalue weighted by molar-refractivity contribution is 5.95. The monoisotopic (exact) mass is 393 g/mol. The van der Waals surface area contributed by atoms with Crippen molar-refractivity contribution in [2.24, 2.45) is 0 Å². The molecular weight excluding hydrogens is 374 g/mol. The van der Waals surface area contributed by atoms with Gasteiger partial charge in [0.05, 0.1) is 7.11 Å². The summed E-state index contributed by atoms with van der Waals surface area (Å²) >= 11 is 0. The lowest BCUT2D eigenvalue weighted by molar-refractivity contribution is -0.124. The number of carbonyl (C=O) groups excluding carboxylic acids is 2. The van der Waals surface area contributed by atoms with Crippen molar-refractivity contribution in [3.05, 3.63) is 71.2 Å². The average Bonchev–Trinajstić information content (AvgIpc) is 3.38. The van der Waals surface area contributed by atoms with Crippen LogP contribution in [0.4, 0.5) is 0 Å². The third-order valence-electron chi connectivity index (χ3n) is 4.22. The number of furan rings is 1. The van der Waals surface area contributed by atoms with Crippen LogP contribution in [0.2, 0.25) is 0 Å². The molecule has 3 aromatic rings. The quantitative estimate of drug-likeness (QED) is 0.619. The maximum absolute atomic E-state index is 12.5. The molecule has 0 spiro atoms. The topological polar surface area (TPSA) is 106 Å². The molecule has 8 heteroatoms. The van der Waals surface area contributed by atoms with E-state index in [1.165, 1.54) is 0 Å². The summed E-state index contributed by atoms with van der Waals surface area (Å²) in [4.78, 5) is 24.5. The van der Waals surface area contributed by atoms with Crippen LogP contribution in [0.15, 0.2) is 53.2 Å². The third kappa shape index (κ3) is 4.30. The Bertz CT molecular complexity index is 1060. The summed E-state index contributed by atoms with van der Waals surface area (Å²) in [5.41, 5.74) is 0.857. The lowest BCUT2D eigenvalue weighted by atomic mass is 10.1. The molecule has 8 nitrogen and oxygen atoms in total. The molecule has 3 rings (SSSR count). The molecule has 1 aromatic carbocycles. The zero-order chi connectivity index (χ0) is 20.8. The number of rotatable bonds is 7. The summed E-state index contributed by atoms with van der Waals surface area (Å²) in [6, 6.07) is 12.8. The fourth-order valence-corrected chi connectivity index (χ4v) is 2.83. The van der Waals surface area contributed by atoms with Gasteiger partial charge in [0.15, 0.2) is 6.61 Å². The van der Waals surface area contributed by atoms with Crippen molar-refractivity contribution in [1.82, 2.24) is 9.88 Å². The number of hydrogen-bond acceptors (Lipinski definition) is 6. The number of hydrogen-bond donors (Lipinski definition) is 1. The number of aryl methyl sites for hydroxylation is 1. The van der Waals surface area contributed by atoms with Gasteiger partial charge in [0.1, 0.15) is 28.7 Å². The van der Waals surface area contributed by atoms with Crippen molar-refractivity contribution < 1.29 is 23.5 Å². The number of aromatic nitrogens is 1. The van der Waals surface area contributed by atoms with Crippen LogP contribution in [0.5, 0.6) is 5.75 Å². The molecule has 0 aliphatic rings. The number of benzene rings is 1. The van der Waals surface area contributed by atoms with Gasteiger partial charge in [0.25, 0.3) is 5.91 Å². The third-order valence-corrected chi connectivity index (χ3v) is 4.22. The minimum Gasteiger partial charge on any atom is -0.496 e. The summed E-state index contributed by atoms with van der Waals surface area (Å²) in [7, 11) is 1.55. The van der Waals surface area contributed by atoms with Gasteiger partial charge in [0.2, 0.25) is 5.88 Å². The van der Waals surface area contributed by atoms with Gasteiger partial charge in [-0.05, 0) is 25.1 Å². The molecule has 1 N–H and O–H groups in total. The first kappa shape index (κ1) is 19.8. The summed E-state index contributed by atoms with van der Waals surface area (Å²) in [6.07, 6.45) is 3.39. The molecule has 0 fully saturated rings. The van der Waals surface area contributed by atoms with Gasteiger partial charge in [0, 0.05) is 24.5 Å². The molecule has 0 aliphatic heterocycles. The number of carbonyl (C=O) groups is 2. The van der Waals surface area contributed by atoms with E-state index in [1.54, 1.807) is 49.2 Å². The highest BCUT2D eigenvalue weighted by Crippen LogP contribution is 2.26. The van der Waals surface area contributed by atoms with Crippen molar-refractivity contribution in [1.29, 1.82) is 5.26 Å². The van der Waals surface area contributed by atoms with Gasteiger partial charge in [-0.2, -0.15) is 5.26 Å². The van der Waals surface area contributed by atoms with E-state index in [-0.39, 0.29) is 29.3 Å². The lowest BCUT2D eigenvalue weighted by Crippen LogP contribution is -2.28. The van der Waals surface area contributed by atoms with E-state index in [4.69, 9.17) is 13.9 Å². The number of methoxy groups -OCH3 is 1. The van der Waals surface area contributed by atoms with Gasteiger partial charge < -0.3 is 19.2 Å². The largest absolute Gasteiger partial charge is 0.496 e. The van der Waals surface area contributed by atoms with Crippen LogP contribution in [0.25, 0.3) is 5.88 Å². The Kier molecular flexibility index (Phi) is 6.00. The predicted octanol–water partition coefficient (Wildman–Crippen LogP) is 2.73. The molecule has 0 atom stereocenters. The maximum atomic E-state index is 12.5. The first-order valence-electron chi connectivity index (χ1n) is 8.77. The molecular formula is C21H19N3O5. The Morgan fingerprint density at radius 2 is 1.93 bits per heavy atom. The van der Waals surface area contributed by atoms with Crippen LogP contribution in [-0.4, -0.2) is 30.2 Å². The molecule has 29 heavy (non-hydrogen) atoms. The first-order chi connectivity index (χ1) is 14.0. The van der Waals surface area contributed by atoms with E-state index in [2.05, 4.69) is 5.32 Å². The number of amides is 1.